The van der Waals surface area contributed by atoms with Gasteiger partial charge < -0.3 is 15.5 Å². The van der Waals surface area contributed by atoms with Gasteiger partial charge in [0.1, 0.15) is 0 Å². The number of fused-ring (bicyclic) bond motifs is 1. The molecule has 0 bridgehead atoms. The van der Waals surface area contributed by atoms with Gasteiger partial charge in [0.05, 0.1) is 12.5 Å². The quantitative estimate of drug-likeness (QED) is 0.883. The van der Waals surface area contributed by atoms with Crippen molar-refractivity contribution < 1.29 is 9.59 Å². The standard InChI is InChI=1S/C19H20N4O2/c24-18-11-14-10-15(6-7-16(14)22-18)21-19(25)23-9-2-1-5-17(23)13-4-3-8-20-12-13/h3-4,6-8,10,12,17H,1-2,5,9,11H2,(H,21,25)(H,22,24). The lowest BCUT2D eigenvalue weighted by Gasteiger charge is -2.35. The minimum absolute atomic E-state index is 0.00820. The van der Waals surface area contributed by atoms with Crippen molar-refractivity contribution in [1.29, 1.82) is 0 Å². The summed E-state index contributed by atoms with van der Waals surface area (Å²) in [5, 5.41) is 5.78. The van der Waals surface area contributed by atoms with Crippen LogP contribution < -0.4 is 10.6 Å². The Morgan fingerprint density at radius 3 is 3.04 bits per heavy atom. The highest BCUT2D eigenvalue weighted by Crippen LogP contribution is 2.31. The molecule has 1 unspecified atom stereocenters. The lowest BCUT2D eigenvalue weighted by Crippen LogP contribution is -2.41. The zero-order chi connectivity index (χ0) is 17.2. The summed E-state index contributed by atoms with van der Waals surface area (Å²) in [5.41, 5.74) is 3.54. The predicted octanol–water partition coefficient (Wildman–Crippen LogP) is 3.34. The van der Waals surface area contributed by atoms with Gasteiger partial charge in [-0.1, -0.05) is 6.07 Å². The van der Waals surface area contributed by atoms with E-state index in [1.165, 1.54) is 0 Å². The molecule has 6 heteroatoms. The van der Waals surface area contributed by atoms with E-state index in [1.54, 1.807) is 6.20 Å². The van der Waals surface area contributed by atoms with E-state index in [-0.39, 0.29) is 18.0 Å². The van der Waals surface area contributed by atoms with Crippen LogP contribution in [-0.4, -0.2) is 28.4 Å². The Balaban J connectivity index is 1.51. The number of anilines is 2. The molecule has 2 aliphatic rings. The van der Waals surface area contributed by atoms with Crippen molar-refractivity contribution in [2.45, 2.75) is 31.7 Å². The van der Waals surface area contributed by atoms with Crippen molar-refractivity contribution in [2.24, 2.45) is 0 Å². The van der Waals surface area contributed by atoms with Crippen LogP contribution in [0.15, 0.2) is 42.7 Å². The molecule has 128 valence electrons. The molecule has 0 radical (unpaired) electrons. The van der Waals surface area contributed by atoms with Gasteiger partial charge in [-0.2, -0.15) is 0 Å². The second-order valence-electron chi connectivity index (χ2n) is 6.52. The van der Waals surface area contributed by atoms with E-state index in [9.17, 15) is 9.59 Å². The van der Waals surface area contributed by atoms with E-state index in [0.717, 1.165) is 48.3 Å². The highest BCUT2D eigenvalue weighted by molar-refractivity contribution is 6.00. The van der Waals surface area contributed by atoms with Gasteiger partial charge in [0.15, 0.2) is 0 Å². The number of pyridine rings is 1. The third-order valence-electron chi connectivity index (χ3n) is 4.81. The first-order valence-corrected chi connectivity index (χ1v) is 8.61. The van der Waals surface area contributed by atoms with Gasteiger partial charge in [-0.25, -0.2) is 4.79 Å². The van der Waals surface area contributed by atoms with Crippen molar-refractivity contribution in [3.63, 3.8) is 0 Å². The van der Waals surface area contributed by atoms with E-state index in [0.29, 0.717) is 6.42 Å². The van der Waals surface area contributed by atoms with Gasteiger partial charge >= 0.3 is 6.03 Å². The molecule has 0 aliphatic carbocycles. The predicted molar refractivity (Wildman–Crippen MR) is 95.3 cm³/mol. The summed E-state index contributed by atoms with van der Waals surface area (Å²) < 4.78 is 0. The number of hydrogen-bond donors (Lipinski definition) is 2. The summed E-state index contributed by atoms with van der Waals surface area (Å²) in [6, 6.07) is 9.41. The summed E-state index contributed by atoms with van der Waals surface area (Å²) in [5.74, 6) is -0.00820. The van der Waals surface area contributed by atoms with Crippen molar-refractivity contribution in [1.82, 2.24) is 9.88 Å². The molecule has 1 aromatic heterocycles. The molecule has 3 amide bonds. The SMILES string of the molecule is O=C1Cc2cc(NC(=O)N3CCCCC3c3cccnc3)ccc2N1. The maximum Gasteiger partial charge on any atom is 0.322 e. The van der Waals surface area contributed by atoms with Gasteiger partial charge in [-0.15, -0.1) is 0 Å². The zero-order valence-electron chi connectivity index (χ0n) is 13.9. The average Bonchev–Trinajstić information content (AvgIpc) is 3.02. The van der Waals surface area contributed by atoms with Crippen LogP contribution >= 0.6 is 0 Å². The summed E-state index contributed by atoms with van der Waals surface area (Å²) in [4.78, 5) is 30.4. The molecule has 0 saturated carbocycles. The first-order valence-electron chi connectivity index (χ1n) is 8.61. The minimum Gasteiger partial charge on any atom is -0.326 e. The molecule has 1 atom stereocenters. The number of likely N-dealkylation sites (tertiary alicyclic amines) is 1. The molecule has 2 aliphatic heterocycles. The molecule has 1 aromatic carbocycles. The van der Waals surface area contributed by atoms with Gasteiger partial charge in [0.2, 0.25) is 5.91 Å². The Morgan fingerprint density at radius 1 is 1.28 bits per heavy atom. The molecule has 1 fully saturated rings. The number of carbonyl (C=O) groups is 2. The van der Waals surface area contributed by atoms with Gasteiger partial charge in [0.25, 0.3) is 0 Å². The second-order valence-corrected chi connectivity index (χ2v) is 6.52. The molecular formula is C19H20N4O2. The smallest absolute Gasteiger partial charge is 0.322 e. The van der Waals surface area contributed by atoms with E-state index in [4.69, 9.17) is 0 Å². The fourth-order valence-electron chi connectivity index (χ4n) is 3.60. The van der Waals surface area contributed by atoms with Crippen molar-refractivity contribution >= 4 is 23.3 Å². The number of piperidine rings is 1. The van der Waals surface area contributed by atoms with E-state index in [2.05, 4.69) is 15.6 Å². The number of hydrogen-bond acceptors (Lipinski definition) is 3. The number of nitrogens with one attached hydrogen (secondary N) is 2. The van der Waals surface area contributed by atoms with Crippen LogP contribution in [0.1, 0.15) is 36.4 Å². The van der Waals surface area contributed by atoms with Crippen LogP contribution in [0.4, 0.5) is 16.2 Å². The van der Waals surface area contributed by atoms with Crippen molar-refractivity contribution in [2.75, 3.05) is 17.2 Å². The maximum absolute atomic E-state index is 12.8. The minimum atomic E-state index is -0.106. The fourth-order valence-corrected chi connectivity index (χ4v) is 3.60. The number of urea groups is 1. The number of rotatable bonds is 2. The molecule has 6 nitrogen and oxygen atoms in total. The molecule has 25 heavy (non-hydrogen) atoms. The number of carbonyl (C=O) groups excluding carboxylic acids is 2. The highest BCUT2D eigenvalue weighted by atomic mass is 16.2. The van der Waals surface area contributed by atoms with Gasteiger partial charge in [0, 0.05) is 30.3 Å². The number of benzene rings is 1. The van der Waals surface area contributed by atoms with Crippen LogP contribution in [0, 0.1) is 0 Å². The second kappa shape index (κ2) is 6.55. The maximum atomic E-state index is 12.8. The van der Waals surface area contributed by atoms with E-state index >= 15 is 0 Å². The Morgan fingerprint density at radius 2 is 2.20 bits per heavy atom. The van der Waals surface area contributed by atoms with Crippen LogP contribution in [0.2, 0.25) is 0 Å². The molecular weight excluding hydrogens is 316 g/mol. The highest BCUT2D eigenvalue weighted by Gasteiger charge is 2.28. The molecule has 1 saturated heterocycles. The normalized spacial score (nSPS) is 19.3. The Labute approximate surface area is 146 Å². The number of amides is 3. The molecule has 2 N–H and O–H groups in total. The average molecular weight is 336 g/mol. The third kappa shape index (κ3) is 3.20. The molecule has 0 spiro atoms. The molecule has 3 heterocycles. The lowest BCUT2D eigenvalue weighted by molar-refractivity contribution is -0.115. The van der Waals surface area contributed by atoms with Crippen molar-refractivity contribution in [3.8, 4) is 0 Å². The van der Waals surface area contributed by atoms with Crippen molar-refractivity contribution in [3.05, 3.63) is 53.9 Å². The first-order chi connectivity index (χ1) is 12.2. The van der Waals surface area contributed by atoms with Crippen LogP contribution in [0.5, 0.6) is 0 Å². The van der Waals surface area contributed by atoms with E-state index in [1.807, 2.05) is 41.4 Å². The summed E-state index contributed by atoms with van der Waals surface area (Å²) in [6.07, 6.45) is 7.01. The Bertz CT molecular complexity index is 806. The third-order valence-corrected chi connectivity index (χ3v) is 4.81. The summed E-state index contributed by atoms with van der Waals surface area (Å²) >= 11 is 0. The monoisotopic (exact) mass is 336 g/mol. The fraction of sp³-hybridized carbons (Fsp3) is 0.316. The number of aromatic nitrogens is 1. The molecule has 2 aromatic rings. The topological polar surface area (TPSA) is 74.3 Å². The van der Waals surface area contributed by atoms with Crippen LogP contribution in [0.3, 0.4) is 0 Å². The summed E-state index contributed by atoms with van der Waals surface area (Å²) in [7, 11) is 0. The van der Waals surface area contributed by atoms with E-state index < -0.39 is 0 Å². The van der Waals surface area contributed by atoms with Crippen LogP contribution in [0.25, 0.3) is 0 Å². The largest absolute Gasteiger partial charge is 0.326 e. The Hall–Kier alpha value is -2.89. The van der Waals surface area contributed by atoms with Gasteiger partial charge in [-0.05, 0) is 54.7 Å². The molecule has 4 rings (SSSR count). The van der Waals surface area contributed by atoms with Gasteiger partial charge in [-0.3, -0.25) is 9.78 Å². The zero-order valence-corrected chi connectivity index (χ0v) is 13.9. The lowest BCUT2D eigenvalue weighted by atomic mass is 9.97. The Kier molecular flexibility index (Phi) is 4.09. The van der Waals surface area contributed by atoms with Crippen LogP contribution in [-0.2, 0) is 11.2 Å². The first kappa shape index (κ1) is 15.6. The number of nitrogens with zero attached hydrogens (tertiary/aromatic N) is 2. The summed E-state index contributed by atoms with van der Waals surface area (Å²) in [6.45, 7) is 0.733.